The summed E-state index contributed by atoms with van der Waals surface area (Å²) >= 11 is 0. The zero-order valence-electron chi connectivity index (χ0n) is 15.7. The summed E-state index contributed by atoms with van der Waals surface area (Å²) in [6.07, 6.45) is 9.17. The van der Waals surface area contributed by atoms with Crippen LogP contribution in [0.5, 0.6) is 5.75 Å². The third kappa shape index (κ3) is 4.86. The highest BCUT2D eigenvalue weighted by atomic mass is 16.5. The molecule has 1 aromatic carbocycles. The Morgan fingerprint density at radius 2 is 1.85 bits per heavy atom. The van der Waals surface area contributed by atoms with E-state index >= 15 is 0 Å². The van der Waals surface area contributed by atoms with Crippen molar-refractivity contribution in [2.45, 2.75) is 64.4 Å². The summed E-state index contributed by atoms with van der Waals surface area (Å²) in [6, 6.07) is 8.82. The Kier molecular flexibility index (Phi) is 6.68. The van der Waals surface area contributed by atoms with E-state index in [1.165, 1.54) is 12.8 Å². The van der Waals surface area contributed by atoms with E-state index in [4.69, 9.17) is 14.7 Å². The van der Waals surface area contributed by atoms with Gasteiger partial charge in [-0.25, -0.2) is 0 Å². The lowest BCUT2D eigenvalue weighted by Gasteiger charge is -2.41. The van der Waals surface area contributed by atoms with Crippen LogP contribution in [-0.2, 0) is 9.53 Å². The Bertz CT molecular complexity index is 634. The fourth-order valence-electron chi connectivity index (χ4n) is 4.40. The minimum absolute atomic E-state index is 0.00412. The summed E-state index contributed by atoms with van der Waals surface area (Å²) in [7, 11) is 0. The van der Waals surface area contributed by atoms with E-state index in [1.54, 1.807) is 24.3 Å². The number of carbonyl (C=O) groups is 1. The number of unbranched alkanes of at least 4 members (excludes halogenated alkanes) is 1. The molecule has 0 amide bonds. The van der Waals surface area contributed by atoms with Crippen LogP contribution in [0.4, 0.5) is 0 Å². The first-order valence-corrected chi connectivity index (χ1v) is 10.0. The lowest BCUT2D eigenvalue weighted by Crippen LogP contribution is -2.37. The number of carbonyl (C=O) groups excluding carboxylic acids is 1. The van der Waals surface area contributed by atoms with E-state index < -0.39 is 0 Å². The first-order chi connectivity index (χ1) is 12.7. The standard InChI is InChI=1S/C22H29NO3/c1-2-3-12-25-21-11-8-17-13-19(7-6-18(17)14-21)22(24)26-20-9-4-16(15-23)5-10-20/h4-5,9-10,17-19,21H,2-3,6-8,11-14H2,1H3/t17?,18-,19-,21?/m1/s1. The topological polar surface area (TPSA) is 59.3 Å². The van der Waals surface area contributed by atoms with Crippen molar-refractivity contribution in [1.82, 2.24) is 0 Å². The van der Waals surface area contributed by atoms with Crippen LogP contribution in [0.15, 0.2) is 24.3 Å². The maximum atomic E-state index is 12.5. The van der Waals surface area contributed by atoms with Gasteiger partial charge in [-0.1, -0.05) is 13.3 Å². The van der Waals surface area contributed by atoms with Gasteiger partial charge in [-0.2, -0.15) is 5.26 Å². The van der Waals surface area contributed by atoms with Gasteiger partial charge in [-0.3, -0.25) is 4.79 Å². The van der Waals surface area contributed by atoms with Crippen molar-refractivity contribution in [1.29, 1.82) is 5.26 Å². The van der Waals surface area contributed by atoms with Gasteiger partial charge in [-0.05, 0) is 81.0 Å². The van der Waals surface area contributed by atoms with E-state index in [2.05, 4.69) is 13.0 Å². The molecule has 2 saturated carbocycles. The van der Waals surface area contributed by atoms with Gasteiger partial charge in [0.1, 0.15) is 5.75 Å². The fraction of sp³-hybridized carbons (Fsp3) is 0.636. The molecule has 0 heterocycles. The predicted octanol–water partition coefficient (Wildman–Crippen LogP) is 4.87. The second-order valence-electron chi connectivity index (χ2n) is 7.75. The summed E-state index contributed by atoms with van der Waals surface area (Å²) in [5.74, 6) is 1.76. The fourth-order valence-corrected chi connectivity index (χ4v) is 4.40. The van der Waals surface area contributed by atoms with Crippen LogP contribution in [0.1, 0.15) is 63.9 Å². The highest BCUT2D eigenvalue weighted by Gasteiger charge is 2.38. The van der Waals surface area contributed by atoms with Crippen LogP contribution < -0.4 is 4.74 Å². The highest BCUT2D eigenvalue weighted by molar-refractivity contribution is 5.75. The van der Waals surface area contributed by atoms with Gasteiger partial charge in [0, 0.05) is 6.61 Å². The van der Waals surface area contributed by atoms with E-state index in [1.807, 2.05) is 0 Å². The van der Waals surface area contributed by atoms with Gasteiger partial charge in [0.25, 0.3) is 0 Å². The maximum absolute atomic E-state index is 12.5. The molecule has 2 fully saturated rings. The Hall–Kier alpha value is -1.86. The zero-order valence-corrected chi connectivity index (χ0v) is 15.7. The lowest BCUT2D eigenvalue weighted by atomic mass is 9.67. The van der Waals surface area contributed by atoms with Gasteiger partial charge in [-0.15, -0.1) is 0 Å². The van der Waals surface area contributed by atoms with E-state index in [-0.39, 0.29) is 11.9 Å². The van der Waals surface area contributed by atoms with Gasteiger partial charge in [0.2, 0.25) is 0 Å². The molecule has 0 N–H and O–H groups in total. The predicted molar refractivity (Wildman–Crippen MR) is 99.6 cm³/mol. The average molecular weight is 355 g/mol. The number of fused-ring (bicyclic) bond motifs is 1. The van der Waals surface area contributed by atoms with Crippen molar-refractivity contribution in [2.75, 3.05) is 6.61 Å². The smallest absolute Gasteiger partial charge is 0.314 e. The summed E-state index contributed by atoms with van der Waals surface area (Å²) in [4.78, 5) is 12.5. The number of hydrogen-bond donors (Lipinski definition) is 0. The summed E-state index contributed by atoms with van der Waals surface area (Å²) in [5.41, 5.74) is 0.572. The molecule has 0 saturated heterocycles. The van der Waals surface area contributed by atoms with Crippen molar-refractivity contribution in [2.24, 2.45) is 17.8 Å². The maximum Gasteiger partial charge on any atom is 0.314 e. The van der Waals surface area contributed by atoms with Crippen LogP contribution in [0.3, 0.4) is 0 Å². The number of rotatable bonds is 6. The highest BCUT2D eigenvalue weighted by Crippen LogP contribution is 2.43. The number of nitrogens with zero attached hydrogens (tertiary/aromatic N) is 1. The molecule has 4 nitrogen and oxygen atoms in total. The number of esters is 1. The molecular formula is C22H29NO3. The summed E-state index contributed by atoms with van der Waals surface area (Å²) < 4.78 is 11.6. The zero-order chi connectivity index (χ0) is 18.4. The van der Waals surface area contributed by atoms with Gasteiger partial charge in [0.05, 0.1) is 23.7 Å². The van der Waals surface area contributed by atoms with E-state index in [0.29, 0.717) is 29.3 Å². The van der Waals surface area contributed by atoms with Crippen molar-refractivity contribution < 1.29 is 14.3 Å². The van der Waals surface area contributed by atoms with Crippen molar-refractivity contribution in [3.63, 3.8) is 0 Å². The summed E-state index contributed by atoms with van der Waals surface area (Å²) in [5, 5.41) is 8.84. The molecular weight excluding hydrogens is 326 g/mol. The Balaban J connectivity index is 1.47. The molecule has 0 spiro atoms. The van der Waals surface area contributed by atoms with E-state index in [0.717, 1.165) is 45.1 Å². The van der Waals surface area contributed by atoms with E-state index in [9.17, 15) is 4.79 Å². The Morgan fingerprint density at radius 1 is 1.12 bits per heavy atom. The molecule has 3 rings (SSSR count). The minimum atomic E-state index is -0.116. The molecule has 4 atom stereocenters. The number of hydrogen-bond acceptors (Lipinski definition) is 4. The van der Waals surface area contributed by atoms with Crippen LogP contribution in [0.25, 0.3) is 0 Å². The first-order valence-electron chi connectivity index (χ1n) is 10.0. The number of benzene rings is 1. The quantitative estimate of drug-likeness (QED) is 0.415. The van der Waals surface area contributed by atoms with Crippen molar-refractivity contribution in [3.8, 4) is 11.8 Å². The van der Waals surface area contributed by atoms with Gasteiger partial charge < -0.3 is 9.47 Å². The van der Waals surface area contributed by atoms with Crippen molar-refractivity contribution in [3.05, 3.63) is 29.8 Å². The minimum Gasteiger partial charge on any atom is -0.426 e. The normalized spacial score (nSPS) is 28.0. The molecule has 0 bridgehead atoms. The van der Waals surface area contributed by atoms with Crippen molar-refractivity contribution >= 4 is 5.97 Å². The Morgan fingerprint density at radius 3 is 2.58 bits per heavy atom. The molecule has 1 aromatic rings. The molecule has 0 aromatic heterocycles. The van der Waals surface area contributed by atoms with Gasteiger partial charge in [0.15, 0.2) is 0 Å². The molecule has 4 heteroatoms. The first kappa shape index (κ1) is 18.9. The van der Waals surface area contributed by atoms with Gasteiger partial charge >= 0.3 is 5.97 Å². The second-order valence-corrected chi connectivity index (χ2v) is 7.75. The average Bonchev–Trinajstić information content (AvgIpc) is 2.68. The molecule has 140 valence electrons. The largest absolute Gasteiger partial charge is 0.426 e. The number of ether oxygens (including phenoxy) is 2. The SMILES string of the molecule is CCCCOC1CCC2C[C@H](C(=O)Oc3ccc(C#N)cc3)CC[C@@H]2C1. The Labute approximate surface area is 156 Å². The second kappa shape index (κ2) is 9.19. The molecule has 26 heavy (non-hydrogen) atoms. The summed E-state index contributed by atoms with van der Waals surface area (Å²) in [6.45, 7) is 3.08. The third-order valence-corrected chi connectivity index (χ3v) is 5.95. The molecule has 0 radical (unpaired) electrons. The van der Waals surface area contributed by atoms with Crippen LogP contribution >= 0.6 is 0 Å². The van der Waals surface area contributed by atoms with Crippen LogP contribution in [0, 0.1) is 29.1 Å². The van der Waals surface area contributed by atoms with Crippen LogP contribution in [0.2, 0.25) is 0 Å². The molecule has 0 aliphatic heterocycles. The lowest BCUT2D eigenvalue weighted by molar-refractivity contribution is -0.141. The van der Waals surface area contributed by atoms with Crippen LogP contribution in [-0.4, -0.2) is 18.7 Å². The monoisotopic (exact) mass is 355 g/mol. The molecule has 2 unspecified atom stereocenters. The number of nitriles is 1. The third-order valence-electron chi connectivity index (χ3n) is 5.95. The molecule has 2 aliphatic rings. The molecule has 2 aliphatic carbocycles.